The molecule has 0 radical (unpaired) electrons. The zero-order valence-corrected chi connectivity index (χ0v) is 12.8. The Morgan fingerprint density at radius 1 is 1.54 bits per heavy atom. The van der Waals surface area contributed by atoms with E-state index >= 15 is 0 Å². The van der Waals surface area contributed by atoms with Gasteiger partial charge >= 0.3 is 57.4 Å². The van der Waals surface area contributed by atoms with E-state index < -0.39 is 16.5 Å². The average molecular weight is 245 g/mol. The fourth-order valence-electron chi connectivity index (χ4n) is 0.547. The molecule has 0 aliphatic carbocycles. The maximum absolute atomic E-state index is 11.1. The standard InChI is InChI=1S/C7H11NO2S2.K.H/c1-4(2)10-6(9)5(3-8)7(11)12;;/h4-5,7,11-12H,1-2H3;;/q;+1;-1. The molecular formula is C7H12KNO2S2. The largest absolute Gasteiger partial charge is 1.00 e. The summed E-state index contributed by atoms with van der Waals surface area (Å²) in [6, 6.07) is 1.78. The molecule has 0 amide bonds. The normalized spacial score (nSPS) is 11.8. The van der Waals surface area contributed by atoms with Gasteiger partial charge in [0.15, 0.2) is 5.92 Å². The van der Waals surface area contributed by atoms with Crippen molar-refractivity contribution in [1.29, 1.82) is 5.26 Å². The van der Waals surface area contributed by atoms with Gasteiger partial charge in [-0.05, 0) is 13.8 Å². The van der Waals surface area contributed by atoms with E-state index in [1.165, 1.54) is 0 Å². The van der Waals surface area contributed by atoms with Crippen LogP contribution in [0, 0.1) is 17.2 Å². The van der Waals surface area contributed by atoms with Crippen LogP contribution in [0.1, 0.15) is 15.3 Å². The van der Waals surface area contributed by atoms with E-state index in [1.807, 2.05) is 0 Å². The summed E-state index contributed by atoms with van der Waals surface area (Å²) in [5.41, 5.74) is 0. The molecule has 1 unspecified atom stereocenters. The van der Waals surface area contributed by atoms with E-state index in [9.17, 15) is 4.79 Å². The molecule has 3 nitrogen and oxygen atoms in total. The predicted octanol–water partition coefficient (Wildman–Crippen LogP) is -1.62. The molecule has 0 aliphatic heterocycles. The van der Waals surface area contributed by atoms with Gasteiger partial charge in [-0.1, -0.05) is 0 Å². The summed E-state index contributed by atoms with van der Waals surface area (Å²) < 4.78 is 4.21. The van der Waals surface area contributed by atoms with E-state index in [4.69, 9.17) is 10.00 Å². The third kappa shape index (κ3) is 7.25. The number of nitrogens with zero attached hydrogens (tertiary/aromatic N) is 1. The number of nitriles is 1. The second-order valence-electron chi connectivity index (χ2n) is 2.51. The zero-order chi connectivity index (χ0) is 9.72. The van der Waals surface area contributed by atoms with Gasteiger partial charge in [-0.15, -0.1) is 0 Å². The molecule has 0 aromatic carbocycles. The van der Waals surface area contributed by atoms with Gasteiger partial charge in [-0.2, -0.15) is 30.5 Å². The number of hydrogen-bond donors (Lipinski definition) is 2. The van der Waals surface area contributed by atoms with E-state index in [0.717, 1.165) is 0 Å². The van der Waals surface area contributed by atoms with Crippen LogP contribution in [0.4, 0.5) is 0 Å². The van der Waals surface area contributed by atoms with Crippen molar-refractivity contribution in [2.45, 2.75) is 24.5 Å². The molecule has 13 heavy (non-hydrogen) atoms. The van der Waals surface area contributed by atoms with Gasteiger partial charge in [0.1, 0.15) is 0 Å². The van der Waals surface area contributed by atoms with Crippen molar-refractivity contribution in [3.8, 4) is 6.07 Å². The molecule has 0 rings (SSSR count). The van der Waals surface area contributed by atoms with Crippen LogP contribution < -0.4 is 51.4 Å². The molecule has 0 fully saturated rings. The first-order valence-electron chi connectivity index (χ1n) is 3.45. The Morgan fingerprint density at radius 3 is 2.23 bits per heavy atom. The van der Waals surface area contributed by atoms with Crippen molar-refractivity contribution in [3.05, 3.63) is 0 Å². The smallest absolute Gasteiger partial charge is 1.00 e. The molecule has 0 aromatic heterocycles. The predicted molar refractivity (Wildman–Crippen MR) is 53.2 cm³/mol. The molecule has 0 heterocycles. The third-order valence-electron chi connectivity index (χ3n) is 1.04. The van der Waals surface area contributed by atoms with Crippen LogP contribution in [0.25, 0.3) is 0 Å². The Hall–Kier alpha value is 1.30. The second-order valence-corrected chi connectivity index (χ2v) is 4.03. The van der Waals surface area contributed by atoms with E-state index in [1.54, 1.807) is 19.9 Å². The average Bonchev–Trinajstić information content (AvgIpc) is 1.85. The Labute approximate surface area is 133 Å². The number of carbonyl (C=O) groups is 1. The van der Waals surface area contributed by atoms with Crippen LogP contribution in [-0.4, -0.2) is 16.7 Å². The minimum Gasteiger partial charge on any atom is -1.00 e. The number of rotatable bonds is 3. The molecule has 0 saturated carbocycles. The Balaban J connectivity index is -0.000000605. The van der Waals surface area contributed by atoms with Crippen LogP contribution in [0.2, 0.25) is 0 Å². The Morgan fingerprint density at radius 2 is 2.00 bits per heavy atom. The van der Waals surface area contributed by atoms with Gasteiger partial charge < -0.3 is 6.16 Å². The quantitative estimate of drug-likeness (QED) is 0.272. The molecule has 6 heteroatoms. The summed E-state index contributed by atoms with van der Waals surface area (Å²) in [5, 5.41) is 8.53. The number of thiol groups is 2. The molecule has 70 valence electrons. The van der Waals surface area contributed by atoms with Crippen molar-refractivity contribution in [2.24, 2.45) is 5.92 Å². The second kappa shape index (κ2) is 8.59. The molecule has 1 atom stereocenters. The molecule has 0 N–H and O–H groups in total. The summed E-state index contributed by atoms with van der Waals surface area (Å²) in [4.78, 5) is 11.1. The van der Waals surface area contributed by atoms with Crippen molar-refractivity contribution < 1.29 is 62.3 Å². The maximum atomic E-state index is 11.1. The van der Waals surface area contributed by atoms with Gasteiger partial charge in [-0.25, -0.2) is 0 Å². The van der Waals surface area contributed by atoms with Gasteiger partial charge in [-0.3, -0.25) is 4.79 Å². The monoisotopic (exact) mass is 245 g/mol. The summed E-state index contributed by atoms with van der Waals surface area (Å²) in [7, 11) is 0. The van der Waals surface area contributed by atoms with E-state index in [0.29, 0.717) is 0 Å². The number of esters is 1. The molecule has 0 saturated heterocycles. The van der Waals surface area contributed by atoms with Crippen molar-refractivity contribution >= 4 is 31.2 Å². The minimum atomic E-state index is -0.904. The van der Waals surface area contributed by atoms with E-state index in [2.05, 4.69) is 25.3 Å². The number of hydrogen-bond acceptors (Lipinski definition) is 5. The molecule has 0 bridgehead atoms. The molecular weight excluding hydrogens is 233 g/mol. The Kier molecular flexibility index (Phi) is 11.0. The van der Waals surface area contributed by atoms with Crippen LogP contribution in [0.15, 0.2) is 0 Å². The summed E-state index contributed by atoms with van der Waals surface area (Å²) in [5.74, 6) is -1.47. The van der Waals surface area contributed by atoms with Crippen molar-refractivity contribution in [2.75, 3.05) is 0 Å². The summed E-state index contributed by atoms with van der Waals surface area (Å²) in [6.07, 6.45) is -0.214. The first-order valence-corrected chi connectivity index (χ1v) is 4.48. The van der Waals surface area contributed by atoms with Crippen LogP contribution in [0.5, 0.6) is 0 Å². The molecule has 0 aliphatic rings. The van der Waals surface area contributed by atoms with Gasteiger partial charge in [0.25, 0.3) is 0 Å². The summed E-state index contributed by atoms with van der Waals surface area (Å²) >= 11 is 7.75. The summed E-state index contributed by atoms with van der Waals surface area (Å²) in [6.45, 7) is 3.44. The van der Waals surface area contributed by atoms with Gasteiger partial charge in [0.2, 0.25) is 0 Å². The maximum Gasteiger partial charge on any atom is 1.00 e. The SMILES string of the molecule is CC(C)OC(=O)C(C#N)C(S)S.[H-].[K+]. The third-order valence-corrected chi connectivity index (χ3v) is 1.64. The van der Waals surface area contributed by atoms with E-state index in [-0.39, 0.29) is 58.9 Å². The van der Waals surface area contributed by atoms with Crippen molar-refractivity contribution in [1.82, 2.24) is 0 Å². The fourth-order valence-corrected chi connectivity index (χ4v) is 0.923. The topological polar surface area (TPSA) is 50.1 Å². The first-order chi connectivity index (χ1) is 5.49. The Bertz CT molecular complexity index is 208. The van der Waals surface area contributed by atoms with Gasteiger partial charge in [0.05, 0.1) is 16.8 Å². The fraction of sp³-hybridized carbons (Fsp3) is 0.714. The molecule has 0 spiro atoms. The number of ether oxygens (including phenoxy) is 1. The zero-order valence-electron chi connectivity index (χ0n) is 8.89. The number of carbonyl (C=O) groups excluding carboxylic acids is 1. The van der Waals surface area contributed by atoms with Crippen LogP contribution in [0.3, 0.4) is 0 Å². The first kappa shape index (κ1) is 16.7. The molecule has 0 aromatic rings. The van der Waals surface area contributed by atoms with Crippen molar-refractivity contribution in [3.63, 3.8) is 0 Å². The van der Waals surface area contributed by atoms with Crippen LogP contribution >= 0.6 is 25.3 Å². The minimum absolute atomic E-state index is 0. The van der Waals surface area contributed by atoms with Gasteiger partial charge in [0, 0.05) is 0 Å². The van der Waals surface area contributed by atoms with Crippen LogP contribution in [-0.2, 0) is 9.53 Å².